The van der Waals surface area contributed by atoms with E-state index in [9.17, 15) is 0 Å². The molecule has 22 heavy (non-hydrogen) atoms. The van der Waals surface area contributed by atoms with Crippen LogP contribution in [-0.4, -0.2) is 12.2 Å². The van der Waals surface area contributed by atoms with Gasteiger partial charge in [-0.25, -0.2) is 0 Å². The number of benzene rings is 2. The van der Waals surface area contributed by atoms with E-state index >= 15 is 0 Å². The molecule has 4 rings (SSSR count). The fourth-order valence-corrected chi connectivity index (χ4v) is 4.29. The first-order chi connectivity index (χ1) is 10.7. The van der Waals surface area contributed by atoms with Gasteiger partial charge in [0, 0.05) is 12.8 Å². The number of rotatable bonds is 0. The van der Waals surface area contributed by atoms with Gasteiger partial charge in [-0.2, -0.15) is 0 Å². The quantitative estimate of drug-likeness (QED) is 0.572. The number of hydrogen-bond acceptors (Lipinski definition) is 2. The van der Waals surface area contributed by atoms with Gasteiger partial charge >= 0.3 is 0 Å². The van der Waals surface area contributed by atoms with Gasteiger partial charge in [0.2, 0.25) is 0 Å². The van der Waals surface area contributed by atoms with Crippen molar-refractivity contribution in [3.8, 4) is 11.5 Å². The molecule has 2 aromatic carbocycles. The molecule has 2 bridgehead atoms. The SMILES string of the molecule is Brc1cccc2c1OC1CCC(C2)Oc2c(Br)cccc2C1. The Bertz CT molecular complexity index is 653. The molecule has 2 nitrogen and oxygen atoms in total. The molecule has 4 heteroatoms. The van der Waals surface area contributed by atoms with Crippen molar-refractivity contribution in [2.24, 2.45) is 0 Å². The monoisotopic (exact) mass is 422 g/mol. The molecule has 2 aromatic rings. The number of halogens is 2. The summed E-state index contributed by atoms with van der Waals surface area (Å²) < 4.78 is 14.8. The van der Waals surface area contributed by atoms with Crippen LogP contribution in [0.1, 0.15) is 24.0 Å². The molecule has 0 spiro atoms. The summed E-state index contributed by atoms with van der Waals surface area (Å²) in [7, 11) is 0. The lowest BCUT2D eigenvalue weighted by molar-refractivity contribution is 0.112. The topological polar surface area (TPSA) is 18.5 Å². The van der Waals surface area contributed by atoms with Gasteiger partial charge in [0.15, 0.2) is 0 Å². The molecule has 0 aliphatic carbocycles. The van der Waals surface area contributed by atoms with Crippen molar-refractivity contribution in [2.45, 2.75) is 37.9 Å². The Hall–Kier alpha value is -1.00. The first kappa shape index (κ1) is 14.6. The van der Waals surface area contributed by atoms with Crippen LogP contribution in [0.15, 0.2) is 45.3 Å². The van der Waals surface area contributed by atoms with E-state index < -0.39 is 0 Å². The van der Waals surface area contributed by atoms with E-state index in [1.807, 2.05) is 12.1 Å². The van der Waals surface area contributed by atoms with Crippen LogP contribution < -0.4 is 9.47 Å². The second-order valence-electron chi connectivity index (χ2n) is 5.92. The second kappa shape index (κ2) is 5.89. The third kappa shape index (κ3) is 2.67. The molecule has 114 valence electrons. The smallest absolute Gasteiger partial charge is 0.137 e. The Morgan fingerprint density at radius 3 is 1.64 bits per heavy atom. The van der Waals surface area contributed by atoms with Gasteiger partial charge in [0.05, 0.1) is 8.95 Å². The van der Waals surface area contributed by atoms with E-state index in [2.05, 4.69) is 56.1 Å². The standard InChI is InChI=1S/C18H16Br2O2/c19-15-5-1-3-11-9-13-7-8-14(21-17(11)15)10-12-4-2-6-16(20)18(12)22-13/h1-6,13-14H,7-10H2. The molecule has 2 atom stereocenters. The summed E-state index contributed by atoms with van der Waals surface area (Å²) in [6.07, 6.45) is 4.19. The van der Waals surface area contributed by atoms with Crippen molar-refractivity contribution in [1.29, 1.82) is 0 Å². The molecule has 2 unspecified atom stereocenters. The minimum atomic E-state index is 0.192. The lowest BCUT2D eigenvalue weighted by Gasteiger charge is -2.32. The third-order valence-corrected chi connectivity index (χ3v) is 5.62. The van der Waals surface area contributed by atoms with Gasteiger partial charge in [-0.3, -0.25) is 0 Å². The number of hydrogen-bond donors (Lipinski definition) is 0. The van der Waals surface area contributed by atoms with E-state index in [-0.39, 0.29) is 12.2 Å². The zero-order chi connectivity index (χ0) is 15.1. The van der Waals surface area contributed by atoms with Crippen molar-refractivity contribution in [3.05, 3.63) is 56.5 Å². The lowest BCUT2D eigenvalue weighted by Crippen LogP contribution is -2.32. The zero-order valence-corrected chi connectivity index (χ0v) is 15.2. The fourth-order valence-electron chi connectivity index (χ4n) is 3.29. The van der Waals surface area contributed by atoms with Crippen LogP contribution in [0.3, 0.4) is 0 Å². The molecule has 2 aliphatic rings. The summed E-state index contributed by atoms with van der Waals surface area (Å²) in [4.78, 5) is 0. The largest absolute Gasteiger partial charge is 0.489 e. The fraction of sp³-hybridized carbons (Fsp3) is 0.333. The lowest BCUT2D eigenvalue weighted by atomic mass is 9.94. The minimum absolute atomic E-state index is 0.192. The van der Waals surface area contributed by atoms with Crippen molar-refractivity contribution < 1.29 is 9.47 Å². The van der Waals surface area contributed by atoms with E-state index in [1.165, 1.54) is 11.1 Å². The Morgan fingerprint density at radius 2 is 1.18 bits per heavy atom. The van der Waals surface area contributed by atoms with Gasteiger partial charge in [-0.1, -0.05) is 24.3 Å². The summed E-state index contributed by atoms with van der Waals surface area (Å²) in [6.45, 7) is 0. The molecule has 0 saturated carbocycles. The van der Waals surface area contributed by atoms with Gasteiger partial charge in [-0.15, -0.1) is 0 Å². The highest BCUT2D eigenvalue weighted by atomic mass is 79.9. The maximum atomic E-state index is 6.37. The van der Waals surface area contributed by atoms with Crippen LogP contribution in [0.4, 0.5) is 0 Å². The van der Waals surface area contributed by atoms with E-state index in [0.29, 0.717) is 0 Å². The predicted octanol–water partition coefficient (Wildman–Crippen LogP) is 5.30. The molecule has 2 aliphatic heterocycles. The Balaban J connectivity index is 1.79. The van der Waals surface area contributed by atoms with Crippen LogP contribution >= 0.6 is 31.9 Å². The van der Waals surface area contributed by atoms with Gasteiger partial charge in [0.25, 0.3) is 0 Å². The van der Waals surface area contributed by atoms with Crippen LogP contribution in [-0.2, 0) is 12.8 Å². The molecule has 0 radical (unpaired) electrons. The van der Waals surface area contributed by atoms with E-state index in [0.717, 1.165) is 46.1 Å². The van der Waals surface area contributed by atoms with Gasteiger partial charge in [-0.05, 0) is 68.0 Å². The molecule has 2 heterocycles. The van der Waals surface area contributed by atoms with Crippen LogP contribution in [0.2, 0.25) is 0 Å². The maximum absolute atomic E-state index is 6.37. The Kier molecular flexibility index (Phi) is 3.91. The minimum Gasteiger partial charge on any atom is -0.489 e. The number of para-hydroxylation sites is 2. The first-order valence-corrected chi connectivity index (χ1v) is 9.17. The van der Waals surface area contributed by atoms with Crippen molar-refractivity contribution in [1.82, 2.24) is 0 Å². The van der Waals surface area contributed by atoms with Gasteiger partial charge in [0.1, 0.15) is 23.7 Å². The van der Waals surface area contributed by atoms with Crippen LogP contribution in [0, 0.1) is 0 Å². The van der Waals surface area contributed by atoms with Gasteiger partial charge < -0.3 is 9.47 Å². The predicted molar refractivity (Wildman–Crippen MR) is 93.8 cm³/mol. The number of ether oxygens (including phenoxy) is 2. The second-order valence-corrected chi connectivity index (χ2v) is 7.63. The highest BCUT2D eigenvalue weighted by molar-refractivity contribution is 9.10. The molecular weight excluding hydrogens is 408 g/mol. The molecular formula is C18H16Br2O2. The van der Waals surface area contributed by atoms with Crippen molar-refractivity contribution >= 4 is 31.9 Å². The number of fused-ring (bicyclic) bond motifs is 5. The maximum Gasteiger partial charge on any atom is 0.137 e. The normalized spacial score (nSPS) is 23.0. The molecule has 0 fully saturated rings. The molecule has 0 aromatic heterocycles. The summed E-state index contributed by atoms with van der Waals surface area (Å²) in [5.74, 6) is 1.97. The van der Waals surface area contributed by atoms with E-state index in [1.54, 1.807) is 0 Å². The molecule has 0 saturated heterocycles. The Labute approximate surface area is 147 Å². The summed E-state index contributed by atoms with van der Waals surface area (Å²) in [5, 5.41) is 0. The highest BCUT2D eigenvalue weighted by Crippen LogP contribution is 2.39. The first-order valence-electron chi connectivity index (χ1n) is 7.59. The van der Waals surface area contributed by atoms with Crippen molar-refractivity contribution in [3.63, 3.8) is 0 Å². The Morgan fingerprint density at radius 1 is 0.727 bits per heavy atom. The van der Waals surface area contributed by atoms with Crippen LogP contribution in [0.25, 0.3) is 0 Å². The molecule has 0 amide bonds. The zero-order valence-electron chi connectivity index (χ0n) is 12.0. The van der Waals surface area contributed by atoms with Crippen molar-refractivity contribution in [2.75, 3.05) is 0 Å². The summed E-state index contributed by atoms with van der Waals surface area (Å²) >= 11 is 7.26. The summed E-state index contributed by atoms with van der Waals surface area (Å²) in [5.41, 5.74) is 2.44. The highest BCUT2D eigenvalue weighted by Gasteiger charge is 2.28. The average molecular weight is 424 g/mol. The average Bonchev–Trinajstić information content (AvgIpc) is 2.47. The molecule has 0 N–H and O–H groups in total. The summed E-state index contributed by atoms with van der Waals surface area (Å²) in [6, 6.07) is 12.5. The van der Waals surface area contributed by atoms with E-state index in [4.69, 9.17) is 9.47 Å². The van der Waals surface area contributed by atoms with Crippen LogP contribution in [0.5, 0.6) is 11.5 Å². The third-order valence-electron chi connectivity index (χ3n) is 4.37.